The van der Waals surface area contributed by atoms with Gasteiger partial charge in [0.05, 0.1) is 7.11 Å². The highest BCUT2D eigenvalue weighted by Crippen LogP contribution is 2.34. The number of benzene rings is 3. The van der Waals surface area contributed by atoms with Gasteiger partial charge in [-0.1, -0.05) is 30.3 Å². The number of likely N-dealkylation sites (N-methyl/N-ethyl adjacent to an activating group) is 4. The van der Waals surface area contributed by atoms with Crippen molar-refractivity contribution in [3.63, 3.8) is 0 Å². The number of nitrogens with zero attached hydrogens (tertiary/aromatic N) is 4. The Bertz CT molecular complexity index is 2040. The van der Waals surface area contributed by atoms with Crippen LogP contribution in [0.25, 0.3) is 0 Å². The van der Waals surface area contributed by atoms with Crippen LogP contribution >= 0.6 is 0 Å². The first-order valence-corrected chi connectivity index (χ1v) is 20.0. The molecule has 0 aromatic heterocycles. The zero-order valence-corrected chi connectivity index (χ0v) is 35.8. The van der Waals surface area contributed by atoms with Gasteiger partial charge in [-0.15, -0.1) is 0 Å². The van der Waals surface area contributed by atoms with Crippen LogP contribution in [0.5, 0.6) is 23.0 Å². The van der Waals surface area contributed by atoms with Gasteiger partial charge in [0.15, 0.2) is 11.5 Å². The van der Waals surface area contributed by atoms with Gasteiger partial charge >= 0.3 is 0 Å². The van der Waals surface area contributed by atoms with Crippen LogP contribution in [0.3, 0.4) is 0 Å². The topological polar surface area (TPSA) is 179 Å². The molecule has 3 heterocycles. The van der Waals surface area contributed by atoms with Gasteiger partial charge in [0.1, 0.15) is 54.4 Å². The van der Waals surface area contributed by atoms with Gasteiger partial charge in [-0.25, -0.2) is 0 Å². The average Bonchev–Trinajstić information content (AvgIpc) is 3.22. The monoisotopic (exact) mass is 827 g/mol. The number of ether oxygens (including phenoxy) is 3. The van der Waals surface area contributed by atoms with Crippen molar-refractivity contribution in [1.29, 1.82) is 0 Å². The van der Waals surface area contributed by atoms with E-state index >= 15 is 0 Å². The average molecular weight is 828 g/mol. The Morgan fingerprint density at radius 3 is 1.87 bits per heavy atom. The number of carbonyl (C=O) groups excluding carboxylic acids is 6. The highest BCUT2D eigenvalue weighted by molar-refractivity contribution is 5.98. The standard InChI is InChI=1S/C44H57N7O9/c1-26-39(52)46-27(2)42(55)49(6)34(22-29-10-15-32(58-9)16-11-29)41(54)47-28(3)43(56)51(8)36-23-30-12-17-33(18-13-30)60-38-25-31(14-19-37(38)59-21-20-48(4)5)24-35(40(53)45-26)50(7)44(36)57/h10-19,25-28,34-36H,20-24H2,1-9H3,(H,45,53)(H,46,52)(H,47,54)/t26-,27-,28-,34-,35-,36-/m0/s1. The highest BCUT2D eigenvalue weighted by Gasteiger charge is 2.39. The highest BCUT2D eigenvalue weighted by atomic mass is 16.5. The van der Waals surface area contributed by atoms with Crippen LogP contribution in [-0.2, 0) is 48.0 Å². The summed E-state index contributed by atoms with van der Waals surface area (Å²) in [6, 6.07) is 12.6. The molecule has 0 saturated carbocycles. The number of nitrogens with one attached hydrogen (secondary N) is 3. The zero-order valence-electron chi connectivity index (χ0n) is 35.8. The second-order valence-electron chi connectivity index (χ2n) is 15.7. The van der Waals surface area contributed by atoms with Crippen molar-refractivity contribution in [1.82, 2.24) is 35.6 Å². The number of amides is 6. The van der Waals surface area contributed by atoms with Gasteiger partial charge in [0, 0.05) is 47.0 Å². The molecule has 6 atom stereocenters. The number of fused-ring (bicyclic) bond motifs is 2. The van der Waals surface area contributed by atoms with E-state index in [1.165, 1.54) is 63.7 Å². The summed E-state index contributed by atoms with van der Waals surface area (Å²) in [7, 11) is 9.84. The molecule has 1 saturated heterocycles. The van der Waals surface area contributed by atoms with Crippen LogP contribution in [0.4, 0.5) is 0 Å². The smallest absolute Gasteiger partial charge is 0.246 e. The molecule has 3 aliphatic rings. The van der Waals surface area contributed by atoms with Crippen molar-refractivity contribution in [2.45, 2.75) is 76.3 Å². The molecule has 3 aliphatic heterocycles. The summed E-state index contributed by atoms with van der Waals surface area (Å²) >= 11 is 0. The quantitative estimate of drug-likeness (QED) is 0.318. The predicted octanol–water partition coefficient (Wildman–Crippen LogP) is 1.78. The van der Waals surface area contributed by atoms with Crippen molar-refractivity contribution >= 4 is 35.4 Å². The summed E-state index contributed by atoms with van der Waals surface area (Å²) in [5.41, 5.74) is 2.03. The Balaban J connectivity index is 1.56. The summed E-state index contributed by atoms with van der Waals surface area (Å²) < 4.78 is 17.7. The first-order chi connectivity index (χ1) is 28.5. The van der Waals surface area contributed by atoms with Crippen molar-refractivity contribution < 1.29 is 43.0 Å². The zero-order chi connectivity index (χ0) is 43.8. The van der Waals surface area contributed by atoms with E-state index in [9.17, 15) is 28.8 Å². The fourth-order valence-corrected chi connectivity index (χ4v) is 7.12. The summed E-state index contributed by atoms with van der Waals surface area (Å²) in [5.74, 6) is -1.58. The minimum atomic E-state index is -1.17. The van der Waals surface area contributed by atoms with Crippen molar-refractivity contribution in [3.8, 4) is 23.0 Å². The normalized spacial score (nSPS) is 23.6. The van der Waals surface area contributed by atoms with Crippen LogP contribution in [0.2, 0.25) is 0 Å². The number of rotatable bonds is 7. The number of hydrogen-bond donors (Lipinski definition) is 3. The van der Waals surface area contributed by atoms with E-state index in [1.807, 2.05) is 19.0 Å². The number of carbonyl (C=O) groups is 6. The molecule has 1 fully saturated rings. The Morgan fingerprint density at radius 1 is 0.667 bits per heavy atom. The minimum absolute atomic E-state index is 0.000438. The molecule has 0 unspecified atom stereocenters. The Morgan fingerprint density at radius 2 is 1.23 bits per heavy atom. The number of methoxy groups -OCH3 is 1. The van der Waals surface area contributed by atoms with Crippen molar-refractivity contribution in [2.24, 2.45) is 0 Å². The molecule has 16 heteroatoms. The van der Waals surface area contributed by atoms with E-state index in [2.05, 4.69) is 16.0 Å². The van der Waals surface area contributed by atoms with E-state index in [1.54, 1.807) is 66.7 Å². The van der Waals surface area contributed by atoms with E-state index in [0.717, 1.165) is 0 Å². The lowest BCUT2D eigenvalue weighted by Gasteiger charge is -2.36. The van der Waals surface area contributed by atoms with Crippen LogP contribution in [0, 0.1) is 0 Å². The summed E-state index contributed by atoms with van der Waals surface area (Å²) in [6.45, 7) is 5.53. The molecule has 0 spiro atoms. The van der Waals surface area contributed by atoms with Gasteiger partial charge in [-0.05, 0) is 88.0 Å². The largest absolute Gasteiger partial charge is 0.497 e. The van der Waals surface area contributed by atoms with Gasteiger partial charge in [0.2, 0.25) is 35.4 Å². The Kier molecular flexibility index (Phi) is 14.8. The van der Waals surface area contributed by atoms with Gasteiger partial charge < -0.3 is 49.8 Å². The maximum Gasteiger partial charge on any atom is 0.246 e. The van der Waals surface area contributed by atoms with E-state index < -0.39 is 71.7 Å². The molecular weight excluding hydrogens is 771 g/mol. The van der Waals surface area contributed by atoms with Crippen LogP contribution in [-0.4, -0.2) is 147 Å². The van der Waals surface area contributed by atoms with Gasteiger partial charge in [0.25, 0.3) is 0 Å². The SMILES string of the molecule is COc1ccc(C[C@H]2C(=O)N[C@@H](C)C(=O)N(C)[C@H]3Cc4ccc(cc4)Oc4cc(ccc4OCCN(C)C)C[C@@H](C(=O)N[C@@H](C)C(=O)N[C@@H](C)C(=O)N2C)N(C)C3=O)cc1. The second kappa shape index (κ2) is 19.7. The molecule has 16 nitrogen and oxygen atoms in total. The van der Waals surface area contributed by atoms with Crippen LogP contribution in [0.15, 0.2) is 66.7 Å². The van der Waals surface area contributed by atoms with Crippen LogP contribution in [0.1, 0.15) is 37.5 Å². The van der Waals surface area contributed by atoms with E-state index in [4.69, 9.17) is 14.2 Å². The molecule has 6 amide bonds. The molecule has 3 N–H and O–H groups in total. The third-order valence-corrected chi connectivity index (χ3v) is 10.9. The lowest BCUT2D eigenvalue weighted by molar-refractivity contribution is -0.149. The van der Waals surface area contributed by atoms with E-state index in [0.29, 0.717) is 52.8 Å². The molecule has 60 heavy (non-hydrogen) atoms. The summed E-state index contributed by atoms with van der Waals surface area (Å²) in [4.78, 5) is 90.7. The molecule has 6 rings (SSSR count). The molecule has 6 bridgehead atoms. The second-order valence-corrected chi connectivity index (χ2v) is 15.7. The summed E-state index contributed by atoms with van der Waals surface area (Å²) in [5, 5.41) is 8.19. The summed E-state index contributed by atoms with van der Waals surface area (Å²) in [6.07, 6.45) is 0.127. The Hall–Kier alpha value is -6.16. The number of hydrogen-bond acceptors (Lipinski definition) is 10. The maximum absolute atomic E-state index is 14.8. The lowest BCUT2D eigenvalue weighted by atomic mass is 9.98. The first kappa shape index (κ1) is 44.9. The third kappa shape index (κ3) is 10.9. The van der Waals surface area contributed by atoms with Gasteiger partial charge in [-0.2, -0.15) is 0 Å². The predicted molar refractivity (Wildman–Crippen MR) is 224 cm³/mol. The third-order valence-electron chi connectivity index (χ3n) is 10.9. The molecule has 322 valence electrons. The van der Waals surface area contributed by atoms with E-state index in [-0.39, 0.29) is 19.3 Å². The fraction of sp³-hybridized carbons (Fsp3) is 0.455. The first-order valence-electron chi connectivity index (χ1n) is 20.0. The lowest BCUT2D eigenvalue weighted by Crippen LogP contribution is -2.61. The maximum atomic E-state index is 14.8. The fourth-order valence-electron chi connectivity index (χ4n) is 7.12. The molecule has 3 aromatic carbocycles. The molecular formula is C44H57N7O9. The minimum Gasteiger partial charge on any atom is -0.497 e. The van der Waals surface area contributed by atoms with Gasteiger partial charge in [-0.3, -0.25) is 28.8 Å². The van der Waals surface area contributed by atoms with Crippen molar-refractivity contribution in [3.05, 3.63) is 83.4 Å². The molecule has 3 aromatic rings. The molecule has 0 radical (unpaired) electrons. The van der Waals surface area contributed by atoms with Crippen molar-refractivity contribution in [2.75, 3.05) is 55.5 Å². The van der Waals surface area contributed by atoms with Crippen LogP contribution < -0.4 is 30.2 Å². The Labute approximate surface area is 351 Å². The molecule has 0 aliphatic carbocycles.